The molecule has 0 amide bonds. The van der Waals surface area contributed by atoms with Gasteiger partial charge in [-0.3, -0.25) is 0 Å². The molecule has 2 heterocycles. The minimum atomic E-state index is -3.54. The van der Waals surface area contributed by atoms with Gasteiger partial charge in [0.05, 0.1) is 20.6 Å². The Morgan fingerprint density at radius 1 is 1.15 bits per heavy atom. The first-order valence-corrected chi connectivity index (χ1v) is 10.5. The topological polar surface area (TPSA) is 76.3 Å². The molecule has 2 atom stereocenters. The van der Waals surface area contributed by atoms with E-state index in [2.05, 4.69) is 4.98 Å². The smallest absolute Gasteiger partial charge is 0.243 e. The van der Waals surface area contributed by atoms with Crippen LogP contribution in [0.5, 0.6) is 0 Å². The van der Waals surface area contributed by atoms with E-state index in [9.17, 15) is 8.42 Å². The lowest BCUT2D eigenvalue weighted by molar-refractivity contribution is 0.459. The molecular formula is C18H20ClN3O2S2. The van der Waals surface area contributed by atoms with Gasteiger partial charge in [0.2, 0.25) is 10.0 Å². The second kappa shape index (κ2) is 7.62. The van der Waals surface area contributed by atoms with E-state index in [4.69, 9.17) is 5.73 Å². The Balaban J connectivity index is 0.00000196. The van der Waals surface area contributed by atoms with E-state index in [1.807, 2.05) is 30.3 Å². The minimum absolute atomic E-state index is 0. The molecule has 2 N–H and O–H groups in total. The maximum Gasteiger partial charge on any atom is 0.243 e. The van der Waals surface area contributed by atoms with E-state index in [-0.39, 0.29) is 24.2 Å². The molecular weight excluding hydrogens is 390 g/mol. The highest BCUT2D eigenvalue weighted by molar-refractivity contribution is 7.89. The van der Waals surface area contributed by atoms with Gasteiger partial charge in [0.1, 0.15) is 0 Å². The number of nitrogens with two attached hydrogens (primary N) is 1. The molecule has 0 radical (unpaired) electrons. The summed E-state index contributed by atoms with van der Waals surface area (Å²) in [6.07, 6.45) is 0. The van der Waals surface area contributed by atoms with E-state index < -0.39 is 10.0 Å². The number of hydrogen-bond acceptors (Lipinski definition) is 5. The van der Waals surface area contributed by atoms with Gasteiger partial charge >= 0.3 is 0 Å². The summed E-state index contributed by atoms with van der Waals surface area (Å²) in [6.45, 7) is 1.40. The van der Waals surface area contributed by atoms with Crippen molar-refractivity contribution in [3.05, 3.63) is 59.6 Å². The van der Waals surface area contributed by atoms with Crippen LogP contribution in [-0.4, -0.2) is 37.3 Å². The Hall–Kier alpha value is -1.51. The second-order valence-corrected chi connectivity index (χ2v) is 9.14. The minimum Gasteiger partial charge on any atom is -0.330 e. The Labute approximate surface area is 163 Å². The molecule has 8 heteroatoms. The highest BCUT2D eigenvalue weighted by Gasteiger charge is 2.39. The number of thiazole rings is 1. The molecule has 1 aromatic heterocycles. The number of fused-ring (bicyclic) bond motifs is 1. The molecule has 5 nitrogen and oxygen atoms in total. The van der Waals surface area contributed by atoms with E-state index in [0.717, 1.165) is 15.8 Å². The molecule has 138 valence electrons. The summed E-state index contributed by atoms with van der Waals surface area (Å²) < 4.78 is 28.7. The molecule has 2 aromatic carbocycles. The van der Waals surface area contributed by atoms with Crippen LogP contribution in [0.25, 0.3) is 10.2 Å². The summed E-state index contributed by atoms with van der Waals surface area (Å²) in [5.41, 5.74) is 9.64. The van der Waals surface area contributed by atoms with Crippen LogP contribution in [0, 0.1) is 5.92 Å². The molecule has 1 saturated heterocycles. The molecule has 1 fully saturated rings. The first kappa shape index (κ1) is 19.3. The van der Waals surface area contributed by atoms with Crippen molar-refractivity contribution in [1.29, 1.82) is 0 Å². The summed E-state index contributed by atoms with van der Waals surface area (Å²) in [7, 11) is -3.54. The van der Waals surface area contributed by atoms with Gasteiger partial charge in [0.25, 0.3) is 0 Å². The average Bonchev–Trinajstić information content (AvgIpc) is 3.28. The Kier molecular flexibility index (Phi) is 5.64. The maximum absolute atomic E-state index is 13.1. The predicted octanol–water partition coefficient (Wildman–Crippen LogP) is 3.08. The number of sulfonamides is 1. The maximum atomic E-state index is 13.1. The lowest BCUT2D eigenvalue weighted by Gasteiger charge is -2.17. The third-order valence-electron chi connectivity index (χ3n) is 4.88. The van der Waals surface area contributed by atoms with Crippen LogP contribution in [-0.2, 0) is 10.0 Å². The van der Waals surface area contributed by atoms with Gasteiger partial charge < -0.3 is 5.73 Å². The van der Waals surface area contributed by atoms with Crippen molar-refractivity contribution in [2.24, 2.45) is 11.7 Å². The Morgan fingerprint density at radius 2 is 1.92 bits per heavy atom. The van der Waals surface area contributed by atoms with Crippen LogP contribution in [0.4, 0.5) is 0 Å². The third-order valence-corrected chi connectivity index (χ3v) is 7.50. The first-order chi connectivity index (χ1) is 12.1. The average molecular weight is 410 g/mol. The van der Waals surface area contributed by atoms with Gasteiger partial charge in [0.15, 0.2) is 0 Å². The largest absolute Gasteiger partial charge is 0.330 e. The van der Waals surface area contributed by atoms with Gasteiger partial charge in [-0.25, -0.2) is 13.4 Å². The molecule has 4 rings (SSSR count). The highest BCUT2D eigenvalue weighted by atomic mass is 35.5. The molecule has 0 saturated carbocycles. The van der Waals surface area contributed by atoms with Crippen molar-refractivity contribution in [3.63, 3.8) is 0 Å². The van der Waals surface area contributed by atoms with Crippen molar-refractivity contribution in [2.45, 2.75) is 10.8 Å². The normalized spacial score (nSPS) is 21.0. The molecule has 0 unspecified atom stereocenters. The third kappa shape index (κ3) is 3.37. The standard InChI is InChI=1S/C18H19N3O2S2.ClH/c19-9-14-10-21(11-16(14)13-4-2-1-3-5-13)25(22,23)15-6-7-17-18(8-15)24-12-20-17;/h1-8,12,14,16H,9-11,19H2;1H/t14-,16+;/m1./s1. The Bertz CT molecular complexity index is 992. The van der Waals surface area contributed by atoms with Crippen molar-refractivity contribution in [3.8, 4) is 0 Å². The van der Waals surface area contributed by atoms with Crippen LogP contribution in [0.3, 0.4) is 0 Å². The molecule has 0 spiro atoms. The van der Waals surface area contributed by atoms with Crippen molar-refractivity contribution in [2.75, 3.05) is 19.6 Å². The molecule has 3 aromatic rings. The second-order valence-electron chi connectivity index (χ2n) is 6.32. The van der Waals surface area contributed by atoms with Crippen molar-refractivity contribution >= 4 is 44.0 Å². The molecule has 1 aliphatic heterocycles. The van der Waals surface area contributed by atoms with Crippen molar-refractivity contribution in [1.82, 2.24) is 9.29 Å². The molecule has 0 bridgehead atoms. The van der Waals surface area contributed by atoms with E-state index >= 15 is 0 Å². The van der Waals surface area contributed by atoms with Gasteiger partial charge in [-0.2, -0.15) is 4.31 Å². The fourth-order valence-corrected chi connectivity index (χ4v) is 5.83. The first-order valence-electron chi connectivity index (χ1n) is 8.18. The number of nitrogens with zero attached hydrogens (tertiary/aromatic N) is 2. The van der Waals surface area contributed by atoms with E-state index in [1.165, 1.54) is 11.3 Å². The summed E-state index contributed by atoms with van der Waals surface area (Å²) >= 11 is 1.45. The molecule has 26 heavy (non-hydrogen) atoms. The lowest BCUT2D eigenvalue weighted by atomic mass is 9.89. The SMILES string of the molecule is Cl.NC[C@@H]1CN(S(=O)(=O)c2ccc3ncsc3c2)C[C@H]1c1ccccc1. The van der Waals surface area contributed by atoms with Gasteiger partial charge in [0, 0.05) is 19.0 Å². The van der Waals surface area contributed by atoms with Crippen LogP contribution < -0.4 is 5.73 Å². The lowest BCUT2D eigenvalue weighted by Crippen LogP contribution is -2.30. The van der Waals surface area contributed by atoms with Crippen LogP contribution in [0.2, 0.25) is 0 Å². The summed E-state index contributed by atoms with van der Waals surface area (Å²) in [5.74, 6) is 0.262. The fraction of sp³-hybridized carbons (Fsp3) is 0.278. The van der Waals surface area contributed by atoms with Gasteiger partial charge in [-0.05, 0) is 36.2 Å². The quantitative estimate of drug-likeness (QED) is 0.718. The zero-order valence-corrected chi connectivity index (χ0v) is 16.4. The zero-order valence-electron chi connectivity index (χ0n) is 14.0. The number of rotatable bonds is 4. The Morgan fingerprint density at radius 3 is 2.65 bits per heavy atom. The van der Waals surface area contributed by atoms with Gasteiger partial charge in [-0.1, -0.05) is 30.3 Å². The number of hydrogen-bond donors (Lipinski definition) is 1. The van der Waals surface area contributed by atoms with Crippen LogP contribution >= 0.6 is 23.7 Å². The van der Waals surface area contributed by atoms with E-state index in [0.29, 0.717) is 24.5 Å². The zero-order chi connectivity index (χ0) is 17.4. The summed E-state index contributed by atoms with van der Waals surface area (Å²) in [4.78, 5) is 4.54. The summed E-state index contributed by atoms with van der Waals surface area (Å²) in [5, 5.41) is 0. The predicted molar refractivity (Wildman–Crippen MR) is 107 cm³/mol. The molecule has 1 aliphatic rings. The number of aromatic nitrogens is 1. The monoisotopic (exact) mass is 409 g/mol. The molecule has 0 aliphatic carbocycles. The van der Waals surface area contributed by atoms with Crippen LogP contribution in [0.1, 0.15) is 11.5 Å². The van der Waals surface area contributed by atoms with Gasteiger partial charge in [-0.15, -0.1) is 23.7 Å². The highest BCUT2D eigenvalue weighted by Crippen LogP contribution is 2.35. The van der Waals surface area contributed by atoms with Crippen molar-refractivity contribution < 1.29 is 8.42 Å². The fourth-order valence-electron chi connectivity index (χ4n) is 3.49. The number of benzene rings is 2. The van der Waals surface area contributed by atoms with Crippen LogP contribution in [0.15, 0.2) is 58.9 Å². The summed E-state index contributed by atoms with van der Waals surface area (Å²) in [6, 6.07) is 15.2. The van der Waals surface area contributed by atoms with E-state index in [1.54, 1.807) is 28.0 Å². The number of halogens is 1.